The Hall–Kier alpha value is -2.10. The monoisotopic (exact) mass is 259 g/mol. The third kappa shape index (κ3) is 3.02. The van der Waals surface area contributed by atoms with E-state index in [-0.39, 0.29) is 24.5 Å². The molecule has 2 amide bonds. The molecule has 19 heavy (non-hydrogen) atoms. The van der Waals surface area contributed by atoms with Crippen molar-refractivity contribution in [3.8, 4) is 0 Å². The van der Waals surface area contributed by atoms with Crippen molar-refractivity contribution in [3.63, 3.8) is 0 Å². The second-order valence-corrected chi connectivity index (χ2v) is 4.84. The lowest BCUT2D eigenvalue weighted by molar-refractivity contribution is -0.124. The van der Waals surface area contributed by atoms with Gasteiger partial charge in [-0.05, 0) is 17.6 Å². The number of benzene rings is 1. The average molecular weight is 259 g/mol. The number of hydrogen-bond donors (Lipinski definition) is 0. The van der Waals surface area contributed by atoms with Gasteiger partial charge in [0.05, 0.1) is 6.04 Å². The van der Waals surface area contributed by atoms with Gasteiger partial charge < -0.3 is 4.74 Å². The maximum absolute atomic E-state index is 12.1. The Bertz CT molecular complexity index is 493. The molecule has 1 aliphatic heterocycles. The quantitative estimate of drug-likeness (QED) is 0.784. The van der Waals surface area contributed by atoms with Gasteiger partial charge in [0, 0.05) is 6.08 Å². The molecule has 0 aromatic heterocycles. The summed E-state index contributed by atoms with van der Waals surface area (Å²) in [5.41, 5.74) is 0.921. The van der Waals surface area contributed by atoms with Crippen LogP contribution in [-0.2, 0) is 9.53 Å². The van der Waals surface area contributed by atoms with Crippen molar-refractivity contribution in [3.05, 3.63) is 42.0 Å². The van der Waals surface area contributed by atoms with E-state index >= 15 is 0 Å². The van der Waals surface area contributed by atoms with Gasteiger partial charge in [0.25, 0.3) is 5.91 Å². The molecule has 1 saturated heterocycles. The van der Waals surface area contributed by atoms with Crippen LogP contribution in [0.3, 0.4) is 0 Å². The average Bonchev–Trinajstić information content (AvgIpc) is 2.79. The first kappa shape index (κ1) is 13.3. The second kappa shape index (κ2) is 5.69. The molecule has 1 heterocycles. The smallest absolute Gasteiger partial charge is 0.417 e. The Morgan fingerprint density at radius 3 is 2.68 bits per heavy atom. The van der Waals surface area contributed by atoms with Crippen LogP contribution in [0.5, 0.6) is 0 Å². The van der Waals surface area contributed by atoms with Crippen LogP contribution in [-0.4, -0.2) is 29.5 Å². The second-order valence-electron chi connectivity index (χ2n) is 4.84. The highest BCUT2D eigenvalue weighted by atomic mass is 16.6. The highest BCUT2D eigenvalue weighted by Crippen LogP contribution is 2.20. The summed E-state index contributed by atoms with van der Waals surface area (Å²) in [7, 11) is 0. The van der Waals surface area contributed by atoms with Gasteiger partial charge in [-0.15, -0.1) is 0 Å². The van der Waals surface area contributed by atoms with Crippen molar-refractivity contribution in [2.45, 2.75) is 19.9 Å². The highest BCUT2D eigenvalue weighted by Gasteiger charge is 2.38. The van der Waals surface area contributed by atoms with Gasteiger partial charge >= 0.3 is 6.09 Å². The van der Waals surface area contributed by atoms with Crippen LogP contribution in [0.2, 0.25) is 0 Å². The van der Waals surface area contributed by atoms with Gasteiger partial charge in [0.15, 0.2) is 0 Å². The fourth-order valence-corrected chi connectivity index (χ4v) is 1.99. The summed E-state index contributed by atoms with van der Waals surface area (Å²) >= 11 is 0. The molecule has 0 saturated carbocycles. The van der Waals surface area contributed by atoms with Crippen LogP contribution >= 0.6 is 0 Å². The first-order chi connectivity index (χ1) is 9.09. The molecule has 0 radical (unpaired) electrons. The molecule has 0 N–H and O–H groups in total. The zero-order valence-electron chi connectivity index (χ0n) is 11.1. The Balaban J connectivity index is 2.11. The molecule has 0 spiro atoms. The number of carbonyl (C=O) groups excluding carboxylic acids is 2. The molecular weight excluding hydrogens is 242 g/mol. The fraction of sp³-hybridized carbons (Fsp3) is 0.333. The molecule has 0 unspecified atom stereocenters. The fourth-order valence-electron chi connectivity index (χ4n) is 1.99. The molecule has 100 valence electrons. The lowest BCUT2D eigenvalue weighted by Gasteiger charge is -2.20. The van der Waals surface area contributed by atoms with Gasteiger partial charge in [0.1, 0.15) is 6.61 Å². The Labute approximate surface area is 112 Å². The molecule has 4 nitrogen and oxygen atoms in total. The van der Waals surface area contributed by atoms with Crippen LogP contribution in [0.4, 0.5) is 4.79 Å². The van der Waals surface area contributed by atoms with E-state index in [0.29, 0.717) is 0 Å². The predicted octanol–water partition coefficient (Wildman–Crippen LogP) is 2.70. The van der Waals surface area contributed by atoms with Gasteiger partial charge in [-0.1, -0.05) is 44.2 Å². The largest absolute Gasteiger partial charge is 0.447 e. The first-order valence-corrected chi connectivity index (χ1v) is 6.32. The summed E-state index contributed by atoms with van der Waals surface area (Å²) in [5.74, 6) is -0.148. The Morgan fingerprint density at radius 2 is 2.05 bits per heavy atom. The van der Waals surface area contributed by atoms with Crippen LogP contribution in [0.15, 0.2) is 36.4 Å². The third-order valence-corrected chi connectivity index (χ3v) is 3.13. The zero-order valence-corrected chi connectivity index (χ0v) is 11.1. The van der Waals surface area contributed by atoms with E-state index in [1.807, 2.05) is 44.2 Å². The van der Waals surface area contributed by atoms with Crippen LogP contribution in [0.25, 0.3) is 6.08 Å². The first-order valence-electron chi connectivity index (χ1n) is 6.32. The number of amides is 2. The molecule has 1 aliphatic rings. The summed E-state index contributed by atoms with van der Waals surface area (Å²) in [6, 6.07) is 9.31. The molecule has 2 rings (SSSR count). The molecule has 0 aliphatic carbocycles. The SMILES string of the molecule is CC(C)[C@H]1COC(=O)N1C(=O)C=Cc1ccccc1. The standard InChI is InChI=1S/C15H17NO3/c1-11(2)13-10-19-15(18)16(13)14(17)9-8-12-6-4-3-5-7-12/h3-9,11,13H,10H2,1-2H3/t13-/m1/s1. The topological polar surface area (TPSA) is 46.6 Å². The maximum Gasteiger partial charge on any atom is 0.417 e. The number of carbonyl (C=O) groups is 2. The summed E-state index contributed by atoms with van der Waals surface area (Å²) in [5, 5.41) is 0. The van der Waals surface area contributed by atoms with Crippen molar-refractivity contribution in [2.75, 3.05) is 6.61 Å². The van der Waals surface area contributed by atoms with Crippen molar-refractivity contribution >= 4 is 18.1 Å². The number of hydrogen-bond acceptors (Lipinski definition) is 3. The predicted molar refractivity (Wildman–Crippen MR) is 72.3 cm³/mol. The van der Waals surface area contributed by atoms with E-state index < -0.39 is 6.09 Å². The Morgan fingerprint density at radius 1 is 1.37 bits per heavy atom. The lowest BCUT2D eigenvalue weighted by Crippen LogP contribution is -2.40. The van der Waals surface area contributed by atoms with E-state index in [1.54, 1.807) is 6.08 Å². The van der Waals surface area contributed by atoms with E-state index in [0.717, 1.165) is 5.56 Å². The molecular formula is C15H17NO3. The van der Waals surface area contributed by atoms with Gasteiger partial charge in [-0.25, -0.2) is 9.69 Å². The normalized spacial score (nSPS) is 19.2. The minimum Gasteiger partial charge on any atom is -0.447 e. The number of nitrogens with zero attached hydrogens (tertiary/aromatic N) is 1. The molecule has 1 atom stereocenters. The van der Waals surface area contributed by atoms with Crippen molar-refractivity contribution in [2.24, 2.45) is 5.92 Å². The molecule has 4 heteroatoms. The van der Waals surface area contributed by atoms with Gasteiger partial charge in [-0.2, -0.15) is 0 Å². The summed E-state index contributed by atoms with van der Waals surface area (Å²) < 4.78 is 4.94. The van der Waals surface area contributed by atoms with Gasteiger partial charge in [-0.3, -0.25) is 4.79 Å². The lowest BCUT2D eigenvalue weighted by atomic mass is 10.0. The maximum atomic E-state index is 12.1. The minimum absolute atomic E-state index is 0.180. The highest BCUT2D eigenvalue weighted by molar-refractivity contribution is 6.02. The number of imide groups is 1. The van der Waals surface area contributed by atoms with Crippen LogP contribution < -0.4 is 0 Å². The van der Waals surface area contributed by atoms with Crippen molar-refractivity contribution < 1.29 is 14.3 Å². The van der Waals surface area contributed by atoms with Crippen molar-refractivity contribution in [1.29, 1.82) is 0 Å². The minimum atomic E-state index is -0.554. The molecule has 0 bridgehead atoms. The summed E-state index contributed by atoms with van der Waals surface area (Å²) in [6.45, 7) is 4.21. The van der Waals surface area contributed by atoms with Crippen LogP contribution in [0, 0.1) is 5.92 Å². The van der Waals surface area contributed by atoms with Gasteiger partial charge in [0.2, 0.25) is 0 Å². The third-order valence-electron chi connectivity index (χ3n) is 3.13. The summed E-state index contributed by atoms with van der Waals surface area (Å²) in [4.78, 5) is 24.9. The Kier molecular flexibility index (Phi) is 4.00. The van der Waals surface area contributed by atoms with E-state index in [2.05, 4.69) is 0 Å². The van der Waals surface area contributed by atoms with Crippen LogP contribution in [0.1, 0.15) is 19.4 Å². The van der Waals surface area contributed by atoms with E-state index in [4.69, 9.17) is 4.74 Å². The number of ether oxygens (including phenoxy) is 1. The summed E-state index contributed by atoms with van der Waals surface area (Å²) in [6.07, 6.45) is 2.56. The molecule has 1 fully saturated rings. The molecule has 1 aromatic rings. The van der Waals surface area contributed by atoms with E-state index in [9.17, 15) is 9.59 Å². The number of cyclic esters (lactones) is 1. The van der Waals surface area contributed by atoms with E-state index in [1.165, 1.54) is 11.0 Å². The number of rotatable bonds is 3. The zero-order chi connectivity index (χ0) is 13.8. The van der Waals surface area contributed by atoms with Crippen molar-refractivity contribution in [1.82, 2.24) is 4.90 Å². The molecule has 1 aromatic carbocycles.